The lowest BCUT2D eigenvalue weighted by atomic mass is 10.2. The molecule has 1 amide bonds. The monoisotopic (exact) mass is 353 g/mol. The molecule has 1 aromatic heterocycles. The summed E-state index contributed by atoms with van der Waals surface area (Å²) < 4.78 is 10.8. The summed E-state index contributed by atoms with van der Waals surface area (Å²) >= 11 is 0. The predicted molar refractivity (Wildman–Crippen MR) is 96.0 cm³/mol. The van der Waals surface area contributed by atoms with Gasteiger partial charge in [-0.25, -0.2) is 9.78 Å². The molecule has 4 N–H and O–H groups in total. The molecule has 0 spiro atoms. The third-order valence-corrected chi connectivity index (χ3v) is 4.46. The number of amides is 1. The summed E-state index contributed by atoms with van der Waals surface area (Å²) in [4.78, 5) is 18.6. The number of carbonyl (C=O) groups is 1. The Labute approximate surface area is 149 Å². The molecule has 134 valence electrons. The van der Waals surface area contributed by atoms with Gasteiger partial charge in [-0.05, 0) is 49.2 Å². The first kappa shape index (κ1) is 16.4. The fourth-order valence-electron chi connectivity index (χ4n) is 3.21. The number of nitrogens with two attached hydrogens (primary N) is 1. The summed E-state index contributed by atoms with van der Waals surface area (Å²) in [6, 6.07) is 12.8. The van der Waals surface area contributed by atoms with Crippen LogP contribution in [0.4, 0.5) is 4.79 Å². The van der Waals surface area contributed by atoms with Crippen LogP contribution in [0.5, 0.6) is 11.5 Å². The number of aromatic nitrogens is 2. The van der Waals surface area contributed by atoms with E-state index in [1.807, 2.05) is 24.3 Å². The molecule has 3 aromatic rings. The lowest BCUT2D eigenvalue weighted by Crippen LogP contribution is -2.16. The number of aliphatic hydroxyl groups excluding tert-OH is 1. The number of primary amides is 1. The Morgan fingerprint density at radius 1 is 1.15 bits per heavy atom. The molecule has 26 heavy (non-hydrogen) atoms. The van der Waals surface area contributed by atoms with E-state index in [0.717, 1.165) is 29.7 Å². The first-order valence-electron chi connectivity index (χ1n) is 8.49. The Morgan fingerprint density at radius 3 is 2.62 bits per heavy atom. The van der Waals surface area contributed by atoms with Gasteiger partial charge in [-0.2, -0.15) is 0 Å². The highest BCUT2D eigenvalue weighted by Gasteiger charge is 2.24. The van der Waals surface area contributed by atoms with Crippen LogP contribution in [0.3, 0.4) is 0 Å². The molecule has 4 rings (SSSR count). The van der Waals surface area contributed by atoms with E-state index in [4.69, 9.17) is 15.2 Å². The second-order valence-electron chi connectivity index (χ2n) is 6.42. The summed E-state index contributed by atoms with van der Waals surface area (Å²) in [5.74, 6) is 1.84. The molecule has 2 aromatic carbocycles. The standard InChI is InChI=1S/C19H19N3O4/c20-19(24)26-15-7-8-16-17(10-15)22-18(21-16)11-1-4-13(5-2-11)25-14-6-3-12(23)9-14/h1-2,4-5,7-8,10,12,14,23H,3,6,9H2,(H2,20,24)(H,21,22). The molecule has 0 radical (unpaired) electrons. The topological polar surface area (TPSA) is 110 Å². The van der Waals surface area contributed by atoms with Gasteiger partial charge in [0.15, 0.2) is 0 Å². The maximum atomic E-state index is 10.9. The molecule has 0 bridgehead atoms. The number of rotatable bonds is 4. The number of aliphatic hydroxyl groups is 1. The second-order valence-corrected chi connectivity index (χ2v) is 6.42. The Balaban J connectivity index is 1.52. The fourth-order valence-corrected chi connectivity index (χ4v) is 3.21. The van der Waals surface area contributed by atoms with Crippen molar-refractivity contribution in [2.75, 3.05) is 0 Å². The van der Waals surface area contributed by atoms with Crippen molar-refractivity contribution in [3.05, 3.63) is 42.5 Å². The van der Waals surface area contributed by atoms with Crippen molar-refractivity contribution in [2.24, 2.45) is 5.73 Å². The number of imidazole rings is 1. The summed E-state index contributed by atoms with van der Waals surface area (Å²) in [6.07, 6.45) is 1.32. The lowest BCUT2D eigenvalue weighted by Gasteiger charge is -2.13. The van der Waals surface area contributed by atoms with Gasteiger partial charge in [0.05, 0.1) is 17.1 Å². The fraction of sp³-hybridized carbons (Fsp3) is 0.263. The molecule has 0 aliphatic heterocycles. The van der Waals surface area contributed by atoms with E-state index in [-0.39, 0.29) is 12.2 Å². The molecular weight excluding hydrogens is 334 g/mol. The number of nitrogens with one attached hydrogen (secondary N) is 1. The number of fused-ring (bicyclic) bond motifs is 1. The van der Waals surface area contributed by atoms with Crippen LogP contribution < -0.4 is 15.2 Å². The minimum absolute atomic E-state index is 0.0747. The van der Waals surface area contributed by atoms with E-state index >= 15 is 0 Å². The zero-order valence-electron chi connectivity index (χ0n) is 14.0. The minimum Gasteiger partial charge on any atom is -0.490 e. The van der Waals surface area contributed by atoms with Gasteiger partial charge in [0, 0.05) is 18.1 Å². The predicted octanol–water partition coefficient (Wildman–Crippen LogP) is 2.98. The van der Waals surface area contributed by atoms with Crippen molar-refractivity contribution >= 4 is 17.1 Å². The van der Waals surface area contributed by atoms with Crippen LogP contribution in [0.1, 0.15) is 19.3 Å². The molecular formula is C19H19N3O4. The van der Waals surface area contributed by atoms with Crippen LogP contribution in [0.15, 0.2) is 42.5 Å². The third kappa shape index (κ3) is 3.48. The van der Waals surface area contributed by atoms with Gasteiger partial charge >= 0.3 is 6.09 Å². The molecule has 1 saturated carbocycles. The van der Waals surface area contributed by atoms with E-state index in [2.05, 4.69) is 9.97 Å². The summed E-state index contributed by atoms with van der Waals surface area (Å²) in [5.41, 5.74) is 7.45. The minimum atomic E-state index is -0.856. The second kappa shape index (κ2) is 6.68. The lowest BCUT2D eigenvalue weighted by molar-refractivity contribution is 0.150. The quantitative estimate of drug-likeness (QED) is 0.668. The molecule has 7 heteroatoms. The molecule has 1 aliphatic rings. The SMILES string of the molecule is NC(=O)Oc1ccc2[nH]c(-c3ccc(OC4CCC(O)C4)cc3)nc2c1. The first-order valence-corrected chi connectivity index (χ1v) is 8.49. The van der Waals surface area contributed by atoms with Gasteiger partial charge in [0.2, 0.25) is 0 Å². The Bertz CT molecular complexity index is 936. The van der Waals surface area contributed by atoms with Crippen molar-refractivity contribution in [2.45, 2.75) is 31.5 Å². The van der Waals surface area contributed by atoms with E-state index in [1.54, 1.807) is 18.2 Å². The number of carbonyl (C=O) groups excluding carboxylic acids is 1. The largest absolute Gasteiger partial charge is 0.490 e. The average molecular weight is 353 g/mol. The van der Waals surface area contributed by atoms with Gasteiger partial charge in [-0.1, -0.05) is 0 Å². The molecule has 0 saturated heterocycles. The number of ether oxygens (including phenoxy) is 2. The molecule has 1 heterocycles. The summed E-state index contributed by atoms with van der Waals surface area (Å²) in [5, 5.41) is 9.58. The number of nitrogens with zero attached hydrogens (tertiary/aromatic N) is 1. The number of H-pyrrole nitrogens is 1. The Kier molecular flexibility index (Phi) is 4.22. The van der Waals surface area contributed by atoms with Crippen LogP contribution in [-0.4, -0.2) is 33.4 Å². The zero-order chi connectivity index (χ0) is 18.1. The summed E-state index contributed by atoms with van der Waals surface area (Å²) in [7, 11) is 0. The highest BCUT2D eigenvalue weighted by Crippen LogP contribution is 2.28. The number of hydrogen-bond acceptors (Lipinski definition) is 5. The van der Waals surface area contributed by atoms with E-state index in [0.29, 0.717) is 23.5 Å². The van der Waals surface area contributed by atoms with Crippen LogP contribution in [0, 0.1) is 0 Å². The smallest absolute Gasteiger partial charge is 0.409 e. The van der Waals surface area contributed by atoms with Crippen LogP contribution in [0.25, 0.3) is 22.4 Å². The van der Waals surface area contributed by atoms with Crippen molar-refractivity contribution in [1.29, 1.82) is 0 Å². The maximum absolute atomic E-state index is 10.9. The first-order chi connectivity index (χ1) is 12.6. The molecule has 2 unspecified atom stereocenters. The van der Waals surface area contributed by atoms with Gasteiger partial charge in [0.1, 0.15) is 23.4 Å². The number of aromatic amines is 1. The van der Waals surface area contributed by atoms with E-state index < -0.39 is 6.09 Å². The van der Waals surface area contributed by atoms with Gasteiger partial charge < -0.3 is 25.3 Å². The summed E-state index contributed by atoms with van der Waals surface area (Å²) in [6.45, 7) is 0. The maximum Gasteiger partial charge on any atom is 0.409 e. The molecule has 2 atom stereocenters. The normalized spacial score (nSPS) is 19.6. The van der Waals surface area contributed by atoms with Crippen LogP contribution in [-0.2, 0) is 0 Å². The number of benzene rings is 2. The molecule has 1 fully saturated rings. The van der Waals surface area contributed by atoms with E-state index in [9.17, 15) is 9.90 Å². The number of hydrogen-bond donors (Lipinski definition) is 3. The van der Waals surface area contributed by atoms with Gasteiger partial charge in [-0.15, -0.1) is 0 Å². The highest BCUT2D eigenvalue weighted by atomic mass is 16.5. The highest BCUT2D eigenvalue weighted by molar-refractivity contribution is 5.81. The molecule has 1 aliphatic carbocycles. The third-order valence-electron chi connectivity index (χ3n) is 4.46. The van der Waals surface area contributed by atoms with E-state index in [1.165, 1.54) is 0 Å². The van der Waals surface area contributed by atoms with Gasteiger partial charge in [0.25, 0.3) is 0 Å². The van der Waals surface area contributed by atoms with Crippen molar-refractivity contribution in [1.82, 2.24) is 9.97 Å². The Hall–Kier alpha value is -3.06. The van der Waals surface area contributed by atoms with Gasteiger partial charge in [-0.3, -0.25) is 0 Å². The zero-order valence-corrected chi connectivity index (χ0v) is 14.0. The average Bonchev–Trinajstić information content (AvgIpc) is 3.20. The van der Waals surface area contributed by atoms with Crippen LogP contribution in [0.2, 0.25) is 0 Å². The van der Waals surface area contributed by atoms with Crippen molar-refractivity contribution in [3.63, 3.8) is 0 Å². The van der Waals surface area contributed by atoms with Crippen molar-refractivity contribution < 1.29 is 19.4 Å². The Morgan fingerprint density at radius 2 is 1.92 bits per heavy atom. The van der Waals surface area contributed by atoms with Crippen LogP contribution >= 0.6 is 0 Å². The molecule has 7 nitrogen and oxygen atoms in total. The van der Waals surface area contributed by atoms with Crippen molar-refractivity contribution in [3.8, 4) is 22.9 Å².